The SMILES string of the molecule is COC1CN(c2cc(C(F)(F)F)cc(NN)n2)CC1OC. The van der Waals surface area contributed by atoms with E-state index in [1.807, 2.05) is 0 Å². The van der Waals surface area contributed by atoms with Crippen molar-refractivity contribution in [1.29, 1.82) is 0 Å². The van der Waals surface area contributed by atoms with Crippen LogP contribution in [0.15, 0.2) is 12.1 Å². The summed E-state index contributed by atoms with van der Waals surface area (Å²) in [4.78, 5) is 5.74. The van der Waals surface area contributed by atoms with Gasteiger partial charge in [0.2, 0.25) is 0 Å². The van der Waals surface area contributed by atoms with E-state index in [0.717, 1.165) is 12.1 Å². The summed E-state index contributed by atoms with van der Waals surface area (Å²) in [5.41, 5.74) is 1.34. The maximum atomic E-state index is 12.9. The number of methoxy groups -OCH3 is 2. The number of nitrogens with zero attached hydrogens (tertiary/aromatic N) is 2. The number of anilines is 2. The predicted octanol–water partition coefficient (Wildman–Crippen LogP) is 1.24. The van der Waals surface area contributed by atoms with Gasteiger partial charge in [0, 0.05) is 27.3 Å². The monoisotopic (exact) mass is 306 g/mol. The van der Waals surface area contributed by atoms with Crippen molar-refractivity contribution >= 4 is 11.6 Å². The van der Waals surface area contributed by atoms with Crippen molar-refractivity contribution in [3.05, 3.63) is 17.7 Å². The maximum absolute atomic E-state index is 12.9. The van der Waals surface area contributed by atoms with Crippen LogP contribution in [-0.2, 0) is 15.7 Å². The highest BCUT2D eigenvalue weighted by Gasteiger charge is 2.36. The number of hydrazine groups is 1. The molecular weight excluding hydrogens is 289 g/mol. The van der Waals surface area contributed by atoms with Gasteiger partial charge in [-0.05, 0) is 12.1 Å². The fraction of sp³-hybridized carbons (Fsp3) is 0.583. The Morgan fingerprint density at radius 1 is 1.24 bits per heavy atom. The molecule has 0 radical (unpaired) electrons. The molecule has 2 atom stereocenters. The molecule has 0 spiro atoms. The molecule has 0 bridgehead atoms. The third kappa shape index (κ3) is 3.36. The lowest BCUT2D eigenvalue weighted by molar-refractivity contribution is -0.137. The normalized spacial score (nSPS) is 22.7. The number of hydrogen-bond acceptors (Lipinski definition) is 6. The Morgan fingerprint density at radius 2 is 1.81 bits per heavy atom. The number of nitrogens with one attached hydrogen (secondary N) is 1. The zero-order valence-corrected chi connectivity index (χ0v) is 11.6. The second-order valence-electron chi connectivity index (χ2n) is 4.69. The van der Waals surface area contributed by atoms with Gasteiger partial charge in [0.05, 0.1) is 5.56 Å². The van der Waals surface area contributed by atoms with Gasteiger partial charge >= 0.3 is 6.18 Å². The van der Waals surface area contributed by atoms with Crippen LogP contribution in [0.3, 0.4) is 0 Å². The van der Waals surface area contributed by atoms with Crippen molar-refractivity contribution in [1.82, 2.24) is 4.98 Å². The molecule has 1 aliphatic heterocycles. The van der Waals surface area contributed by atoms with Gasteiger partial charge in [0.15, 0.2) is 0 Å². The van der Waals surface area contributed by atoms with E-state index in [2.05, 4.69) is 10.4 Å². The van der Waals surface area contributed by atoms with Gasteiger partial charge < -0.3 is 19.8 Å². The minimum Gasteiger partial charge on any atom is -0.377 e. The Labute approximate surface area is 120 Å². The standard InChI is InChI=1S/C12H17F3N4O2/c1-20-8-5-19(6-9(8)21-2)11-4-7(12(13,14)15)3-10(17-11)18-16/h3-4,8-9H,5-6,16H2,1-2H3,(H,17,18). The van der Waals surface area contributed by atoms with E-state index >= 15 is 0 Å². The fourth-order valence-corrected chi connectivity index (χ4v) is 2.30. The third-order valence-corrected chi connectivity index (χ3v) is 3.43. The van der Waals surface area contributed by atoms with Gasteiger partial charge in [-0.1, -0.05) is 0 Å². The predicted molar refractivity (Wildman–Crippen MR) is 70.9 cm³/mol. The topological polar surface area (TPSA) is 72.6 Å². The first-order valence-corrected chi connectivity index (χ1v) is 6.25. The number of pyridine rings is 1. The number of rotatable bonds is 4. The average molecular weight is 306 g/mol. The molecule has 1 saturated heterocycles. The van der Waals surface area contributed by atoms with Crippen LogP contribution in [0, 0.1) is 0 Å². The fourth-order valence-electron chi connectivity index (χ4n) is 2.30. The summed E-state index contributed by atoms with van der Waals surface area (Å²) in [5.74, 6) is 5.32. The number of halogens is 3. The highest BCUT2D eigenvalue weighted by Crippen LogP contribution is 2.33. The first-order chi connectivity index (χ1) is 9.88. The first-order valence-electron chi connectivity index (χ1n) is 6.25. The maximum Gasteiger partial charge on any atom is 0.416 e. The van der Waals surface area contributed by atoms with Gasteiger partial charge in [0.25, 0.3) is 0 Å². The Kier molecular flexibility index (Phi) is 4.55. The number of alkyl halides is 3. The van der Waals surface area contributed by atoms with Crippen molar-refractivity contribution in [2.45, 2.75) is 18.4 Å². The summed E-state index contributed by atoms with van der Waals surface area (Å²) in [5, 5.41) is 0. The van der Waals surface area contributed by atoms with E-state index < -0.39 is 11.7 Å². The van der Waals surface area contributed by atoms with Gasteiger partial charge in [-0.25, -0.2) is 10.8 Å². The smallest absolute Gasteiger partial charge is 0.377 e. The van der Waals surface area contributed by atoms with E-state index in [4.69, 9.17) is 15.3 Å². The van der Waals surface area contributed by atoms with Gasteiger partial charge in [-0.2, -0.15) is 13.2 Å². The van der Waals surface area contributed by atoms with Crippen LogP contribution in [0.2, 0.25) is 0 Å². The Morgan fingerprint density at radius 3 is 2.24 bits per heavy atom. The lowest BCUT2D eigenvalue weighted by atomic mass is 10.2. The van der Waals surface area contributed by atoms with Crippen LogP contribution in [-0.4, -0.2) is 44.5 Å². The van der Waals surface area contributed by atoms with Gasteiger partial charge in [0.1, 0.15) is 23.8 Å². The molecule has 0 aromatic carbocycles. The lowest BCUT2D eigenvalue weighted by Crippen LogP contribution is -2.27. The number of aromatic nitrogens is 1. The molecule has 0 aliphatic carbocycles. The Bertz CT molecular complexity index is 486. The van der Waals surface area contributed by atoms with Crippen molar-refractivity contribution < 1.29 is 22.6 Å². The van der Waals surface area contributed by atoms with E-state index in [9.17, 15) is 13.2 Å². The molecule has 3 N–H and O–H groups in total. The molecule has 1 aliphatic rings. The van der Waals surface area contributed by atoms with Crippen molar-refractivity contribution in [2.75, 3.05) is 37.6 Å². The quantitative estimate of drug-likeness (QED) is 0.644. The summed E-state index contributed by atoms with van der Waals surface area (Å²) in [6.07, 6.45) is -4.91. The van der Waals surface area contributed by atoms with Crippen LogP contribution in [0.5, 0.6) is 0 Å². The molecule has 6 nitrogen and oxygen atoms in total. The molecule has 118 valence electrons. The van der Waals surface area contributed by atoms with E-state index in [1.165, 1.54) is 14.2 Å². The number of nitrogens with two attached hydrogens (primary N) is 1. The Balaban J connectivity index is 2.31. The summed E-state index contributed by atoms with van der Waals surface area (Å²) < 4.78 is 49.2. The lowest BCUT2D eigenvalue weighted by Gasteiger charge is -2.19. The molecule has 1 fully saturated rings. The molecule has 0 saturated carbocycles. The minimum absolute atomic E-state index is 0.0466. The third-order valence-electron chi connectivity index (χ3n) is 3.43. The summed E-state index contributed by atoms with van der Waals surface area (Å²) in [6, 6.07) is 1.85. The molecule has 2 heterocycles. The van der Waals surface area contributed by atoms with E-state index in [-0.39, 0.29) is 23.8 Å². The van der Waals surface area contributed by atoms with Gasteiger partial charge in [-0.15, -0.1) is 0 Å². The summed E-state index contributed by atoms with van der Waals surface area (Å²) in [6.45, 7) is 0.792. The second-order valence-corrected chi connectivity index (χ2v) is 4.69. The van der Waals surface area contributed by atoms with Crippen LogP contribution < -0.4 is 16.2 Å². The zero-order valence-electron chi connectivity index (χ0n) is 11.6. The van der Waals surface area contributed by atoms with Crippen molar-refractivity contribution in [3.63, 3.8) is 0 Å². The largest absolute Gasteiger partial charge is 0.416 e. The Hall–Kier alpha value is -1.58. The molecule has 2 unspecified atom stereocenters. The number of hydrogen-bond donors (Lipinski definition) is 2. The molecule has 0 amide bonds. The molecule has 9 heteroatoms. The van der Waals surface area contributed by atoms with Crippen LogP contribution in [0.25, 0.3) is 0 Å². The highest BCUT2D eigenvalue weighted by atomic mass is 19.4. The van der Waals surface area contributed by atoms with Crippen molar-refractivity contribution in [3.8, 4) is 0 Å². The molecule has 1 aromatic heterocycles. The van der Waals surface area contributed by atoms with Gasteiger partial charge in [-0.3, -0.25) is 0 Å². The average Bonchev–Trinajstić information content (AvgIpc) is 2.89. The van der Waals surface area contributed by atoms with Crippen LogP contribution in [0.1, 0.15) is 5.56 Å². The second kappa shape index (κ2) is 6.04. The zero-order chi connectivity index (χ0) is 15.6. The molecular formula is C12H17F3N4O2. The summed E-state index contributed by atoms with van der Waals surface area (Å²) >= 11 is 0. The van der Waals surface area contributed by atoms with Crippen molar-refractivity contribution in [2.24, 2.45) is 5.84 Å². The van der Waals surface area contributed by atoms with E-state index in [1.54, 1.807) is 4.90 Å². The van der Waals surface area contributed by atoms with E-state index in [0.29, 0.717) is 13.1 Å². The number of ether oxygens (including phenoxy) is 2. The van der Waals surface area contributed by atoms with Crippen LogP contribution in [0.4, 0.5) is 24.8 Å². The van der Waals surface area contributed by atoms with Crippen LogP contribution >= 0.6 is 0 Å². The highest BCUT2D eigenvalue weighted by molar-refractivity contribution is 5.51. The molecule has 2 rings (SSSR count). The number of nitrogen functional groups attached to an aromatic ring is 1. The summed E-state index contributed by atoms with van der Waals surface area (Å²) in [7, 11) is 3.07. The molecule has 21 heavy (non-hydrogen) atoms. The first kappa shape index (κ1) is 15.8. The molecule has 1 aromatic rings. The minimum atomic E-state index is -4.47.